The van der Waals surface area contributed by atoms with Gasteiger partial charge in [-0.2, -0.15) is 0 Å². The highest BCUT2D eigenvalue weighted by atomic mass is 16.3. The fourth-order valence-corrected chi connectivity index (χ4v) is 1.58. The fraction of sp³-hybridized carbons (Fsp3) is 0.462. The molecule has 0 aliphatic heterocycles. The van der Waals surface area contributed by atoms with Gasteiger partial charge in [0.15, 0.2) is 0 Å². The molecule has 4 heteroatoms. The number of hydrogen-bond donors (Lipinski definition) is 3. The number of benzene rings is 1. The van der Waals surface area contributed by atoms with Crippen molar-refractivity contribution in [2.75, 3.05) is 13.2 Å². The van der Waals surface area contributed by atoms with Gasteiger partial charge in [-0.3, -0.25) is 4.79 Å². The predicted octanol–water partition coefficient (Wildman–Crippen LogP) is 1.59. The molecular formula is C13H19NO3. The van der Waals surface area contributed by atoms with Gasteiger partial charge in [0.05, 0.1) is 0 Å². The molecule has 17 heavy (non-hydrogen) atoms. The maximum absolute atomic E-state index is 11.8. The molecule has 0 saturated heterocycles. The second kappa shape index (κ2) is 6.91. The minimum Gasteiger partial charge on any atom is -0.508 e. The van der Waals surface area contributed by atoms with Crippen LogP contribution in [0.3, 0.4) is 0 Å². The molecule has 0 fully saturated rings. The van der Waals surface area contributed by atoms with Crippen molar-refractivity contribution in [1.29, 1.82) is 0 Å². The molecule has 1 aromatic carbocycles. The normalized spacial score (nSPS) is 10.2. The van der Waals surface area contributed by atoms with Gasteiger partial charge in [0.2, 0.25) is 0 Å². The van der Waals surface area contributed by atoms with Gasteiger partial charge < -0.3 is 15.5 Å². The summed E-state index contributed by atoms with van der Waals surface area (Å²) in [6.07, 6.45) is 2.51. The molecule has 0 saturated carbocycles. The van der Waals surface area contributed by atoms with E-state index in [1.54, 1.807) is 25.1 Å². The van der Waals surface area contributed by atoms with Crippen LogP contribution in [-0.2, 0) is 0 Å². The fourth-order valence-electron chi connectivity index (χ4n) is 1.58. The molecule has 0 bridgehead atoms. The second-order valence-corrected chi connectivity index (χ2v) is 3.99. The summed E-state index contributed by atoms with van der Waals surface area (Å²) >= 11 is 0. The van der Waals surface area contributed by atoms with Crippen LogP contribution in [0.4, 0.5) is 0 Å². The molecule has 1 amide bonds. The monoisotopic (exact) mass is 237 g/mol. The highest BCUT2D eigenvalue weighted by Gasteiger charge is 2.10. The lowest BCUT2D eigenvalue weighted by molar-refractivity contribution is 0.0952. The summed E-state index contributed by atoms with van der Waals surface area (Å²) in [5.74, 6) is -0.0275. The standard InChI is InChI=1S/C13H19NO3/c1-10-11(6-5-7-12(10)16)13(17)14-8-3-2-4-9-15/h5-7,15-16H,2-4,8-9H2,1H3,(H,14,17). The van der Waals surface area contributed by atoms with Crippen LogP contribution in [0.1, 0.15) is 35.2 Å². The molecule has 0 aliphatic rings. The number of phenols is 1. The third-order valence-corrected chi connectivity index (χ3v) is 2.67. The maximum atomic E-state index is 11.8. The Labute approximate surface area is 101 Å². The Morgan fingerprint density at radius 2 is 2.06 bits per heavy atom. The first kappa shape index (κ1) is 13.5. The zero-order chi connectivity index (χ0) is 12.7. The molecule has 0 aromatic heterocycles. The molecule has 0 radical (unpaired) electrons. The van der Waals surface area contributed by atoms with Crippen LogP contribution in [-0.4, -0.2) is 29.3 Å². The SMILES string of the molecule is Cc1c(O)cccc1C(=O)NCCCCCO. The molecule has 0 unspecified atom stereocenters. The van der Waals surface area contributed by atoms with Gasteiger partial charge in [-0.05, 0) is 38.3 Å². The zero-order valence-corrected chi connectivity index (χ0v) is 10.1. The van der Waals surface area contributed by atoms with Crippen molar-refractivity contribution in [3.05, 3.63) is 29.3 Å². The van der Waals surface area contributed by atoms with Gasteiger partial charge in [0.1, 0.15) is 5.75 Å². The van der Waals surface area contributed by atoms with Crippen molar-refractivity contribution < 1.29 is 15.0 Å². The number of carbonyl (C=O) groups excluding carboxylic acids is 1. The van der Waals surface area contributed by atoms with Crippen LogP contribution in [0.25, 0.3) is 0 Å². The van der Waals surface area contributed by atoms with E-state index in [0.29, 0.717) is 17.7 Å². The summed E-state index contributed by atoms with van der Waals surface area (Å²) in [6, 6.07) is 4.91. The van der Waals surface area contributed by atoms with Gasteiger partial charge in [-0.1, -0.05) is 6.07 Å². The Hall–Kier alpha value is -1.55. The van der Waals surface area contributed by atoms with Crippen LogP contribution < -0.4 is 5.32 Å². The van der Waals surface area contributed by atoms with Crippen LogP contribution in [0.2, 0.25) is 0 Å². The number of unbranched alkanes of at least 4 members (excludes halogenated alkanes) is 2. The van der Waals surface area contributed by atoms with E-state index in [4.69, 9.17) is 5.11 Å². The van der Waals surface area contributed by atoms with E-state index in [-0.39, 0.29) is 18.3 Å². The number of hydrogen-bond acceptors (Lipinski definition) is 3. The highest BCUT2D eigenvalue weighted by Crippen LogP contribution is 2.19. The number of amides is 1. The number of aliphatic hydroxyl groups is 1. The zero-order valence-electron chi connectivity index (χ0n) is 10.1. The van der Waals surface area contributed by atoms with E-state index in [1.165, 1.54) is 0 Å². The smallest absolute Gasteiger partial charge is 0.251 e. The first-order chi connectivity index (χ1) is 8.16. The topological polar surface area (TPSA) is 69.6 Å². The highest BCUT2D eigenvalue weighted by molar-refractivity contribution is 5.96. The van der Waals surface area contributed by atoms with Crippen molar-refractivity contribution in [2.45, 2.75) is 26.2 Å². The summed E-state index contributed by atoms with van der Waals surface area (Å²) in [5.41, 5.74) is 1.10. The van der Waals surface area contributed by atoms with E-state index in [1.807, 2.05) is 0 Å². The molecule has 1 rings (SSSR count). The van der Waals surface area contributed by atoms with Crippen molar-refractivity contribution in [3.63, 3.8) is 0 Å². The first-order valence-corrected chi connectivity index (χ1v) is 5.84. The molecule has 3 N–H and O–H groups in total. The van der Waals surface area contributed by atoms with Gasteiger partial charge in [0.25, 0.3) is 5.91 Å². The summed E-state index contributed by atoms with van der Waals surface area (Å²) in [6.45, 7) is 2.50. The van der Waals surface area contributed by atoms with E-state index in [9.17, 15) is 9.90 Å². The van der Waals surface area contributed by atoms with E-state index >= 15 is 0 Å². The minimum absolute atomic E-state index is 0.137. The van der Waals surface area contributed by atoms with Crippen molar-refractivity contribution in [3.8, 4) is 5.75 Å². The Morgan fingerprint density at radius 3 is 2.76 bits per heavy atom. The van der Waals surface area contributed by atoms with Crippen LogP contribution in [0, 0.1) is 6.92 Å². The van der Waals surface area contributed by atoms with Gasteiger partial charge in [0, 0.05) is 24.3 Å². The number of nitrogens with one attached hydrogen (secondary N) is 1. The minimum atomic E-state index is -0.164. The lowest BCUT2D eigenvalue weighted by atomic mass is 10.1. The quantitative estimate of drug-likeness (QED) is 0.658. The molecular weight excluding hydrogens is 218 g/mol. The average molecular weight is 237 g/mol. The van der Waals surface area contributed by atoms with Gasteiger partial charge in [-0.15, -0.1) is 0 Å². The van der Waals surface area contributed by atoms with Crippen LogP contribution in [0.15, 0.2) is 18.2 Å². The third-order valence-electron chi connectivity index (χ3n) is 2.67. The first-order valence-electron chi connectivity index (χ1n) is 5.84. The molecule has 0 atom stereocenters. The Balaban J connectivity index is 2.44. The Kier molecular flexibility index (Phi) is 5.49. The van der Waals surface area contributed by atoms with Crippen LogP contribution >= 0.6 is 0 Å². The Morgan fingerprint density at radius 1 is 1.29 bits per heavy atom. The summed E-state index contributed by atoms with van der Waals surface area (Å²) < 4.78 is 0. The molecule has 0 spiro atoms. The number of aromatic hydroxyl groups is 1. The number of carbonyl (C=O) groups is 1. The number of phenolic OH excluding ortho intramolecular Hbond substituents is 1. The van der Waals surface area contributed by atoms with Crippen molar-refractivity contribution in [2.24, 2.45) is 0 Å². The van der Waals surface area contributed by atoms with E-state index in [2.05, 4.69) is 5.32 Å². The van der Waals surface area contributed by atoms with E-state index in [0.717, 1.165) is 19.3 Å². The molecule has 0 aliphatic carbocycles. The second-order valence-electron chi connectivity index (χ2n) is 3.99. The van der Waals surface area contributed by atoms with Gasteiger partial charge in [-0.25, -0.2) is 0 Å². The van der Waals surface area contributed by atoms with Crippen molar-refractivity contribution >= 4 is 5.91 Å². The van der Waals surface area contributed by atoms with Crippen LogP contribution in [0.5, 0.6) is 5.75 Å². The van der Waals surface area contributed by atoms with Gasteiger partial charge >= 0.3 is 0 Å². The molecule has 0 heterocycles. The summed E-state index contributed by atoms with van der Waals surface area (Å²) in [4.78, 5) is 11.8. The number of rotatable bonds is 6. The van der Waals surface area contributed by atoms with Crippen molar-refractivity contribution in [1.82, 2.24) is 5.32 Å². The number of aliphatic hydroxyl groups excluding tert-OH is 1. The summed E-state index contributed by atoms with van der Waals surface area (Å²) in [5, 5.41) is 20.9. The Bertz CT molecular complexity index is 377. The molecule has 94 valence electrons. The summed E-state index contributed by atoms with van der Waals surface area (Å²) in [7, 11) is 0. The van der Waals surface area contributed by atoms with E-state index < -0.39 is 0 Å². The predicted molar refractivity (Wildman–Crippen MR) is 66.1 cm³/mol. The molecule has 4 nitrogen and oxygen atoms in total. The maximum Gasteiger partial charge on any atom is 0.251 e. The third kappa shape index (κ3) is 4.07. The molecule has 1 aromatic rings. The lowest BCUT2D eigenvalue weighted by Crippen LogP contribution is -2.25. The average Bonchev–Trinajstić information content (AvgIpc) is 2.32. The largest absolute Gasteiger partial charge is 0.508 e. The lowest BCUT2D eigenvalue weighted by Gasteiger charge is -2.08.